The van der Waals surface area contributed by atoms with Gasteiger partial charge in [0, 0.05) is 24.2 Å². The van der Waals surface area contributed by atoms with Crippen LogP contribution >= 0.6 is 11.8 Å². The third kappa shape index (κ3) is 5.97. The molecular formula is C23H19F3N2OS. The Balaban J connectivity index is 1.77. The minimum Gasteiger partial charge on any atom is -0.329 e. The van der Waals surface area contributed by atoms with Gasteiger partial charge in [0.1, 0.15) is 0 Å². The van der Waals surface area contributed by atoms with E-state index in [-0.39, 0.29) is 28.6 Å². The molecule has 0 aliphatic rings. The average Bonchev–Trinajstić information content (AvgIpc) is 2.73. The Kier molecular flexibility index (Phi) is 6.95. The van der Waals surface area contributed by atoms with Crippen molar-refractivity contribution in [2.24, 2.45) is 0 Å². The lowest BCUT2D eigenvalue weighted by Gasteiger charge is -2.27. The van der Waals surface area contributed by atoms with E-state index in [9.17, 15) is 18.0 Å². The van der Waals surface area contributed by atoms with Crippen LogP contribution in [0.25, 0.3) is 6.08 Å². The van der Waals surface area contributed by atoms with Crippen molar-refractivity contribution in [2.45, 2.75) is 16.4 Å². The Labute approximate surface area is 177 Å². The normalized spacial score (nSPS) is 12.7. The molecule has 0 saturated heterocycles. The van der Waals surface area contributed by atoms with E-state index in [4.69, 9.17) is 0 Å². The molecule has 30 heavy (non-hydrogen) atoms. The molecule has 1 heterocycles. The number of amides is 1. The second-order valence-electron chi connectivity index (χ2n) is 6.47. The predicted octanol–water partition coefficient (Wildman–Crippen LogP) is 5.95. The highest BCUT2D eigenvalue weighted by Gasteiger charge is 2.29. The first-order valence-corrected chi connectivity index (χ1v) is 9.92. The second-order valence-corrected chi connectivity index (χ2v) is 7.61. The molecule has 3 aromatic rings. The van der Waals surface area contributed by atoms with Crippen LogP contribution in [0.3, 0.4) is 0 Å². The number of carbonyl (C=O) groups is 1. The van der Waals surface area contributed by atoms with Gasteiger partial charge in [-0.3, -0.25) is 9.78 Å². The van der Waals surface area contributed by atoms with E-state index in [1.54, 1.807) is 36.4 Å². The van der Waals surface area contributed by atoms with E-state index in [1.807, 2.05) is 48.5 Å². The number of benzene rings is 2. The fraction of sp³-hybridized carbons (Fsp3) is 0.130. The van der Waals surface area contributed by atoms with Gasteiger partial charge in [0.15, 0.2) is 0 Å². The Morgan fingerprint density at radius 3 is 2.27 bits per heavy atom. The number of hydrogen-bond donors (Lipinski definition) is 0. The van der Waals surface area contributed by atoms with Gasteiger partial charge in [-0.25, -0.2) is 0 Å². The Hall–Kier alpha value is -3.06. The number of likely N-dealkylation sites (N-methyl/N-ethyl adjacent to an activating group) is 1. The average molecular weight is 428 g/mol. The first-order valence-electron chi connectivity index (χ1n) is 9.10. The van der Waals surface area contributed by atoms with Crippen molar-refractivity contribution in [2.75, 3.05) is 7.05 Å². The quantitative estimate of drug-likeness (QED) is 0.359. The molecule has 0 radical (unpaired) electrons. The predicted molar refractivity (Wildman–Crippen MR) is 113 cm³/mol. The van der Waals surface area contributed by atoms with Crippen LogP contribution in [0.4, 0.5) is 13.2 Å². The summed E-state index contributed by atoms with van der Waals surface area (Å²) in [6, 6.07) is 20.6. The monoisotopic (exact) mass is 428 g/mol. The van der Waals surface area contributed by atoms with Crippen molar-refractivity contribution in [3.63, 3.8) is 0 Å². The molecule has 0 bridgehead atoms. The molecule has 3 nitrogen and oxygen atoms in total. The third-order valence-corrected chi connectivity index (χ3v) is 5.09. The van der Waals surface area contributed by atoms with Crippen LogP contribution in [0.5, 0.6) is 0 Å². The highest BCUT2D eigenvalue weighted by Crippen LogP contribution is 2.36. The molecule has 0 aliphatic heterocycles. The summed E-state index contributed by atoms with van der Waals surface area (Å²) in [5.41, 5.74) is -2.03. The van der Waals surface area contributed by atoms with E-state index in [2.05, 4.69) is 4.98 Å². The van der Waals surface area contributed by atoms with Gasteiger partial charge in [-0.15, -0.1) is 0 Å². The highest BCUT2D eigenvalue weighted by atomic mass is 32.2. The summed E-state index contributed by atoms with van der Waals surface area (Å²) < 4.78 is 37.3. The number of carbonyl (C=O) groups excluding carboxylic acids is 1. The number of halogens is 3. The van der Waals surface area contributed by atoms with E-state index < -0.39 is 5.51 Å². The van der Waals surface area contributed by atoms with Crippen LogP contribution in [0.2, 0.25) is 0 Å². The number of thioether (sulfide) groups is 1. The summed E-state index contributed by atoms with van der Waals surface area (Å²) in [7, 11) is 1.70. The molecule has 0 spiro atoms. The van der Waals surface area contributed by atoms with Crippen LogP contribution in [0.1, 0.15) is 22.9 Å². The molecule has 0 saturated carbocycles. The van der Waals surface area contributed by atoms with Crippen LogP contribution in [0.15, 0.2) is 90.0 Å². The molecule has 3 rings (SSSR count). The number of hydrogen-bond acceptors (Lipinski definition) is 3. The Bertz CT molecular complexity index is 951. The summed E-state index contributed by atoms with van der Waals surface area (Å²) in [5, 5.41) is 0. The zero-order valence-electron chi connectivity index (χ0n) is 16.1. The van der Waals surface area contributed by atoms with Gasteiger partial charge in [0.05, 0.1) is 11.7 Å². The lowest BCUT2D eigenvalue weighted by atomic mass is 10.0. The maximum absolute atomic E-state index is 12.8. The van der Waals surface area contributed by atoms with Gasteiger partial charge in [-0.2, -0.15) is 13.2 Å². The van der Waals surface area contributed by atoms with Crippen LogP contribution in [0, 0.1) is 0 Å². The number of rotatable bonds is 6. The van der Waals surface area contributed by atoms with Crippen LogP contribution in [-0.2, 0) is 4.79 Å². The molecule has 154 valence electrons. The number of aromatic nitrogens is 1. The third-order valence-electron chi connectivity index (χ3n) is 4.35. The number of nitrogens with zero attached hydrogens (tertiary/aromatic N) is 2. The SMILES string of the molecule is CN(C(=O)C=Cc1ccc(SC(F)(F)F)cc1)C(c1ccccc1)c1ccccn1. The van der Waals surface area contributed by atoms with Gasteiger partial charge in [-0.1, -0.05) is 48.5 Å². The van der Waals surface area contributed by atoms with Crippen LogP contribution < -0.4 is 0 Å². The molecule has 0 N–H and O–H groups in total. The fourth-order valence-electron chi connectivity index (χ4n) is 2.96. The van der Waals surface area contributed by atoms with Crippen LogP contribution in [-0.4, -0.2) is 28.3 Å². The highest BCUT2D eigenvalue weighted by molar-refractivity contribution is 8.00. The van der Waals surface area contributed by atoms with Gasteiger partial charge in [0.25, 0.3) is 0 Å². The fourth-order valence-corrected chi connectivity index (χ4v) is 3.50. The minimum atomic E-state index is -4.33. The number of alkyl halides is 3. The smallest absolute Gasteiger partial charge is 0.329 e. The van der Waals surface area contributed by atoms with E-state index in [0.29, 0.717) is 5.56 Å². The zero-order chi connectivity index (χ0) is 21.6. The largest absolute Gasteiger partial charge is 0.446 e. The molecule has 0 aliphatic carbocycles. The van der Waals surface area contributed by atoms with E-state index in [1.165, 1.54) is 18.2 Å². The standard InChI is InChI=1S/C23H19F3N2OS/c1-28(22(18-7-3-2-4-8-18)20-9-5-6-16-27-20)21(29)15-12-17-10-13-19(14-11-17)30-23(24,25)26/h2-16,22H,1H3. The molecule has 1 amide bonds. The van der Waals surface area contributed by atoms with Crippen molar-refractivity contribution in [3.05, 3.63) is 102 Å². The van der Waals surface area contributed by atoms with Crippen molar-refractivity contribution in [1.82, 2.24) is 9.88 Å². The van der Waals surface area contributed by atoms with E-state index in [0.717, 1.165) is 11.3 Å². The first kappa shape index (κ1) is 21.6. The lowest BCUT2D eigenvalue weighted by Crippen LogP contribution is -2.31. The summed E-state index contributed by atoms with van der Waals surface area (Å²) in [6.45, 7) is 0. The van der Waals surface area contributed by atoms with Gasteiger partial charge < -0.3 is 4.90 Å². The summed E-state index contributed by atoms with van der Waals surface area (Å²) in [5.74, 6) is -0.247. The summed E-state index contributed by atoms with van der Waals surface area (Å²) in [4.78, 5) is 18.9. The van der Waals surface area contributed by atoms with Crippen molar-refractivity contribution in [1.29, 1.82) is 0 Å². The lowest BCUT2D eigenvalue weighted by molar-refractivity contribution is -0.126. The molecule has 1 unspecified atom stereocenters. The van der Waals surface area contributed by atoms with E-state index >= 15 is 0 Å². The summed E-state index contributed by atoms with van der Waals surface area (Å²) >= 11 is -0.168. The first-order chi connectivity index (χ1) is 14.3. The van der Waals surface area contributed by atoms with Gasteiger partial charge >= 0.3 is 5.51 Å². The molecule has 1 aromatic heterocycles. The molecule has 0 fully saturated rings. The zero-order valence-corrected chi connectivity index (χ0v) is 16.9. The second kappa shape index (κ2) is 9.63. The molecular weight excluding hydrogens is 409 g/mol. The van der Waals surface area contributed by atoms with Crippen molar-refractivity contribution >= 4 is 23.7 Å². The molecule has 2 aromatic carbocycles. The maximum Gasteiger partial charge on any atom is 0.446 e. The molecule has 7 heteroatoms. The Morgan fingerprint density at radius 2 is 1.67 bits per heavy atom. The maximum atomic E-state index is 12.8. The van der Waals surface area contributed by atoms with Gasteiger partial charge in [-0.05, 0) is 53.2 Å². The topological polar surface area (TPSA) is 33.2 Å². The summed E-state index contributed by atoms with van der Waals surface area (Å²) in [6.07, 6.45) is 4.67. The van der Waals surface area contributed by atoms with Crippen molar-refractivity contribution in [3.8, 4) is 0 Å². The van der Waals surface area contributed by atoms with Gasteiger partial charge in [0.2, 0.25) is 5.91 Å². The molecule has 1 atom stereocenters. The number of pyridine rings is 1. The minimum absolute atomic E-state index is 0.0994. The van der Waals surface area contributed by atoms with Crippen molar-refractivity contribution < 1.29 is 18.0 Å². The Morgan fingerprint density at radius 1 is 1.00 bits per heavy atom.